The first-order chi connectivity index (χ1) is 9.52. The molecule has 1 saturated heterocycles. The molecule has 1 atom stereocenters. The van der Waals surface area contributed by atoms with Crippen molar-refractivity contribution in [3.8, 4) is 6.07 Å². The summed E-state index contributed by atoms with van der Waals surface area (Å²) in [6.45, 7) is 2.04. The third-order valence-corrected chi connectivity index (χ3v) is 3.85. The normalized spacial score (nSPS) is 19.4. The standard InChI is InChI=1S/C14H18N4O2/c1-16-7-3-4-13(10-16)17(2)12-6-5-11(9-15)14(8-12)18(19)20/h5-6,8,13H,3-4,7,10H2,1-2H3. The van der Waals surface area contributed by atoms with Crippen LogP contribution < -0.4 is 4.90 Å². The average Bonchev–Trinajstić information content (AvgIpc) is 2.45. The van der Waals surface area contributed by atoms with Crippen molar-refractivity contribution in [2.24, 2.45) is 0 Å². The molecule has 0 bridgehead atoms. The van der Waals surface area contributed by atoms with E-state index in [9.17, 15) is 10.1 Å². The summed E-state index contributed by atoms with van der Waals surface area (Å²) in [5.41, 5.74) is 0.768. The lowest BCUT2D eigenvalue weighted by Gasteiger charge is -2.37. The quantitative estimate of drug-likeness (QED) is 0.622. The zero-order valence-electron chi connectivity index (χ0n) is 11.7. The Labute approximate surface area is 118 Å². The van der Waals surface area contributed by atoms with E-state index >= 15 is 0 Å². The van der Waals surface area contributed by atoms with Gasteiger partial charge in [0, 0.05) is 31.4 Å². The molecule has 0 amide bonds. The van der Waals surface area contributed by atoms with Crippen molar-refractivity contribution in [1.29, 1.82) is 5.26 Å². The Balaban J connectivity index is 2.26. The molecule has 1 unspecified atom stereocenters. The second-order valence-electron chi connectivity index (χ2n) is 5.24. The molecule has 6 nitrogen and oxygen atoms in total. The van der Waals surface area contributed by atoms with Gasteiger partial charge in [0.2, 0.25) is 0 Å². The van der Waals surface area contributed by atoms with Crippen LogP contribution in [-0.2, 0) is 0 Å². The fourth-order valence-corrected chi connectivity index (χ4v) is 2.65. The second kappa shape index (κ2) is 5.88. The summed E-state index contributed by atoms with van der Waals surface area (Å²) in [5.74, 6) is 0. The van der Waals surface area contributed by atoms with Crippen LogP contribution in [0.1, 0.15) is 18.4 Å². The average molecular weight is 274 g/mol. The maximum absolute atomic E-state index is 11.0. The van der Waals surface area contributed by atoms with Gasteiger partial charge >= 0.3 is 0 Å². The SMILES string of the molecule is CN1CCCC(N(C)c2ccc(C#N)c([N+](=O)[O-])c2)C1. The number of benzene rings is 1. The van der Waals surface area contributed by atoms with E-state index in [0.717, 1.165) is 31.6 Å². The molecule has 0 spiro atoms. The lowest BCUT2D eigenvalue weighted by Crippen LogP contribution is -2.45. The number of hydrogen-bond acceptors (Lipinski definition) is 5. The van der Waals surface area contributed by atoms with Crippen molar-refractivity contribution >= 4 is 11.4 Å². The number of likely N-dealkylation sites (N-methyl/N-ethyl adjacent to an activating group) is 2. The molecular formula is C14H18N4O2. The van der Waals surface area contributed by atoms with Gasteiger partial charge in [-0.1, -0.05) is 0 Å². The monoisotopic (exact) mass is 274 g/mol. The van der Waals surface area contributed by atoms with Crippen molar-refractivity contribution in [3.05, 3.63) is 33.9 Å². The van der Waals surface area contributed by atoms with Gasteiger partial charge in [-0.15, -0.1) is 0 Å². The van der Waals surface area contributed by atoms with Crippen LogP contribution in [0, 0.1) is 21.4 Å². The van der Waals surface area contributed by atoms with Crippen LogP contribution in [0.3, 0.4) is 0 Å². The number of hydrogen-bond donors (Lipinski definition) is 0. The van der Waals surface area contributed by atoms with E-state index < -0.39 is 4.92 Å². The maximum atomic E-state index is 11.0. The van der Waals surface area contributed by atoms with Gasteiger partial charge in [-0.05, 0) is 38.6 Å². The molecule has 1 aromatic carbocycles. The first kappa shape index (κ1) is 14.3. The minimum atomic E-state index is -0.497. The van der Waals surface area contributed by atoms with Crippen LogP contribution in [0.5, 0.6) is 0 Å². The number of anilines is 1. The number of piperidine rings is 1. The first-order valence-corrected chi connectivity index (χ1v) is 6.63. The third kappa shape index (κ3) is 2.89. The third-order valence-electron chi connectivity index (χ3n) is 3.85. The van der Waals surface area contributed by atoms with E-state index in [0.29, 0.717) is 6.04 Å². The lowest BCUT2D eigenvalue weighted by molar-refractivity contribution is -0.385. The van der Waals surface area contributed by atoms with Crippen LogP contribution in [0.2, 0.25) is 0 Å². The fourth-order valence-electron chi connectivity index (χ4n) is 2.65. The van der Waals surface area contributed by atoms with Gasteiger partial charge in [0.1, 0.15) is 11.6 Å². The number of nitriles is 1. The van der Waals surface area contributed by atoms with E-state index in [1.807, 2.05) is 13.1 Å². The molecule has 0 aromatic heterocycles. The Bertz CT molecular complexity index is 553. The number of nitro groups is 1. The van der Waals surface area contributed by atoms with E-state index in [4.69, 9.17) is 5.26 Å². The number of nitro benzene ring substituents is 1. The van der Waals surface area contributed by atoms with Gasteiger partial charge in [0.15, 0.2) is 0 Å². The highest BCUT2D eigenvalue weighted by Crippen LogP contribution is 2.27. The van der Waals surface area contributed by atoms with Crippen molar-refractivity contribution in [2.75, 3.05) is 32.1 Å². The van der Waals surface area contributed by atoms with Gasteiger partial charge in [0.25, 0.3) is 5.69 Å². The molecule has 1 heterocycles. The maximum Gasteiger partial charge on any atom is 0.289 e. The minimum Gasteiger partial charge on any atom is -0.370 e. The predicted molar refractivity (Wildman–Crippen MR) is 76.7 cm³/mol. The Morgan fingerprint density at radius 2 is 2.30 bits per heavy atom. The summed E-state index contributed by atoms with van der Waals surface area (Å²) < 4.78 is 0. The molecule has 1 aliphatic heterocycles. The smallest absolute Gasteiger partial charge is 0.289 e. The Kier molecular flexibility index (Phi) is 4.20. The molecule has 1 aromatic rings. The van der Waals surface area contributed by atoms with Crippen molar-refractivity contribution < 1.29 is 4.92 Å². The number of likely N-dealkylation sites (tertiary alicyclic amines) is 1. The van der Waals surface area contributed by atoms with Gasteiger partial charge in [-0.3, -0.25) is 10.1 Å². The molecule has 106 valence electrons. The highest BCUT2D eigenvalue weighted by atomic mass is 16.6. The van der Waals surface area contributed by atoms with E-state index in [-0.39, 0.29) is 11.3 Å². The van der Waals surface area contributed by atoms with E-state index in [1.165, 1.54) is 12.1 Å². The highest BCUT2D eigenvalue weighted by molar-refractivity contribution is 5.60. The van der Waals surface area contributed by atoms with Crippen LogP contribution in [-0.4, -0.2) is 43.0 Å². The zero-order valence-corrected chi connectivity index (χ0v) is 11.7. The zero-order chi connectivity index (χ0) is 14.7. The molecule has 2 rings (SSSR count). The van der Waals surface area contributed by atoms with Gasteiger partial charge in [0.05, 0.1) is 4.92 Å². The molecule has 1 fully saturated rings. The van der Waals surface area contributed by atoms with E-state index in [1.54, 1.807) is 6.07 Å². The van der Waals surface area contributed by atoms with Crippen LogP contribution in [0.25, 0.3) is 0 Å². The molecule has 20 heavy (non-hydrogen) atoms. The predicted octanol–water partition coefficient (Wildman–Crippen LogP) is 2.00. The molecule has 0 aliphatic carbocycles. The summed E-state index contributed by atoms with van der Waals surface area (Å²) >= 11 is 0. The topological polar surface area (TPSA) is 73.4 Å². The van der Waals surface area contributed by atoms with Crippen molar-refractivity contribution in [3.63, 3.8) is 0 Å². The van der Waals surface area contributed by atoms with Gasteiger partial charge in [-0.2, -0.15) is 5.26 Å². The Hall–Kier alpha value is -2.13. The number of nitrogens with zero attached hydrogens (tertiary/aromatic N) is 4. The van der Waals surface area contributed by atoms with Crippen molar-refractivity contribution in [1.82, 2.24) is 4.90 Å². The van der Waals surface area contributed by atoms with Gasteiger partial charge < -0.3 is 9.80 Å². The molecule has 0 N–H and O–H groups in total. The second-order valence-corrected chi connectivity index (χ2v) is 5.24. The number of rotatable bonds is 3. The van der Waals surface area contributed by atoms with Crippen molar-refractivity contribution in [2.45, 2.75) is 18.9 Å². The molecule has 0 radical (unpaired) electrons. The largest absolute Gasteiger partial charge is 0.370 e. The van der Waals surface area contributed by atoms with E-state index in [2.05, 4.69) is 16.8 Å². The summed E-state index contributed by atoms with van der Waals surface area (Å²) in [5, 5.41) is 19.9. The van der Waals surface area contributed by atoms with Crippen LogP contribution in [0.15, 0.2) is 18.2 Å². The highest BCUT2D eigenvalue weighted by Gasteiger charge is 2.23. The summed E-state index contributed by atoms with van der Waals surface area (Å²) in [4.78, 5) is 14.9. The lowest BCUT2D eigenvalue weighted by atomic mass is 10.0. The fraction of sp³-hybridized carbons (Fsp3) is 0.500. The van der Waals surface area contributed by atoms with Crippen LogP contribution in [0.4, 0.5) is 11.4 Å². The summed E-state index contributed by atoms with van der Waals surface area (Å²) in [6.07, 6.45) is 2.21. The molecule has 0 saturated carbocycles. The van der Waals surface area contributed by atoms with Gasteiger partial charge in [-0.25, -0.2) is 0 Å². The first-order valence-electron chi connectivity index (χ1n) is 6.63. The Morgan fingerprint density at radius 1 is 1.55 bits per heavy atom. The molecular weight excluding hydrogens is 256 g/mol. The Morgan fingerprint density at radius 3 is 2.90 bits per heavy atom. The summed E-state index contributed by atoms with van der Waals surface area (Å²) in [7, 11) is 4.04. The minimum absolute atomic E-state index is 0.105. The summed E-state index contributed by atoms with van der Waals surface area (Å²) in [6, 6.07) is 7.01. The molecule has 1 aliphatic rings. The molecule has 6 heteroatoms. The van der Waals surface area contributed by atoms with Crippen LogP contribution >= 0.6 is 0 Å².